The van der Waals surface area contributed by atoms with E-state index in [0.29, 0.717) is 83.1 Å². The molecule has 0 bridgehead atoms. The van der Waals surface area contributed by atoms with E-state index in [9.17, 15) is 49.2 Å². The Balaban J connectivity index is 0.000000122. The molecule has 135 heavy (non-hydrogen) atoms. The van der Waals surface area contributed by atoms with Crippen LogP contribution in [0.2, 0.25) is 13.0 Å². The molecule has 0 aromatic carbocycles. The van der Waals surface area contributed by atoms with Gasteiger partial charge in [-0.15, -0.1) is 68.0 Å². The monoisotopic (exact) mass is 2190 g/mol. The van der Waals surface area contributed by atoms with Gasteiger partial charge in [-0.1, -0.05) is 59.1 Å². The van der Waals surface area contributed by atoms with Crippen LogP contribution in [0.4, 0.5) is 29.1 Å². The number of aryl methyl sites for hydroxylation is 5. The molecule has 2 N–H and O–H groups in total. The summed E-state index contributed by atoms with van der Waals surface area (Å²) in [6.07, 6.45) is 8.66. The smallest absolute Gasteiger partial charge is 0.348 e. The Labute approximate surface area is 846 Å². The predicted molar refractivity (Wildman–Crippen MR) is 539 cm³/mol. The van der Waals surface area contributed by atoms with Gasteiger partial charge in [0.2, 0.25) is 0 Å². The van der Waals surface area contributed by atoms with Gasteiger partial charge in [0, 0.05) is 133 Å². The average molecular weight is 2190 g/mol. The van der Waals surface area contributed by atoms with E-state index in [4.69, 9.17) is 69.1 Å². The van der Waals surface area contributed by atoms with Crippen molar-refractivity contribution in [1.82, 2.24) is 24.9 Å². The summed E-state index contributed by atoms with van der Waals surface area (Å²) >= 11 is 35.0. The molecule has 38 heteroatoms. The lowest BCUT2D eigenvalue weighted by molar-refractivity contribution is 0.0597. The molecule has 0 amide bonds. The number of aldehydes is 1. The van der Waals surface area contributed by atoms with Gasteiger partial charge in [0.15, 0.2) is 6.29 Å². The molecule has 5 saturated heterocycles. The molecule has 11 unspecified atom stereocenters. The number of aromatic carboxylic acids is 1. The van der Waals surface area contributed by atoms with Crippen molar-refractivity contribution in [3.63, 3.8) is 0 Å². The number of pyridine rings is 5. The molecular formula is C97H96Br3Cl3N12O14S6. The highest BCUT2D eigenvalue weighted by Crippen LogP contribution is 2.51. The molecule has 11 aromatic rings. The van der Waals surface area contributed by atoms with Crippen molar-refractivity contribution in [3.8, 4) is 12.1 Å². The Morgan fingerprint density at radius 3 is 1.03 bits per heavy atom. The lowest BCUT2D eigenvalue weighted by atomic mass is 10.0. The molecule has 21 rings (SSSR count). The number of anilines is 5. The summed E-state index contributed by atoms with van der Waals surface area (Å²) in [5, 5.41) is 38.4. The van der Waals surface area contributed by atoms with Crippen molar-refractivity contribution in [2.75, 3.05) is 125 Å². The van der Waals surface area contributed by atoms with Crippen LogP contribution in [0.5, 0.6) is 0 Å². The van der Waals surface area contributed by atoms with Gasteiger partial charge in [0.1, 0.15) is 90.7 Å². The van der Waals surface area contributed by atoms with Gasteiger partial charge >= 0.3 is 35.8 Å². The Morgan fingerprint density at radius 2 is 0.696 bits per heavy atom. The van der Waals surface area contributed by atoms with Crippen molar-refractivity contribution in [2.45, 2.75) is 92.1 Å². The van der Waals surface area contributed by atoms with Gasteiger partial charge < -0.3 is 58.4 Å². The Morgan fingerprint density at radius 1 is 0.393 bits per heavy atom. The number of hydrogen-bond donors (Lipinski definition) is 2. The standard InChI is InChI=1S/C19H19N3O2S.C18H19ClN2O3S.C18H19ClN2O2S.C18H17N3O2S.C12H14N2O.C6H4Br2O2S.C6H4BrClO2S/c1-11-12(3-4-18(21-11)22-9-14-6-15(14)10-22)5-13-7-16(19(23)24-2)25-17(13)8-20;1-9-12(3-4-15(20-9)21-7-10-5-11(10)8-21)16(22)13-6-14(18(23)24-2)25-17(13)19;1-10-11(5-12-7-15(18(22)23-2)24-17(12)19)3-4-16(20-10)21-8-13-6-14(13)9-21;1-10-11(4-12-6-15(18(22)23)24-16(12)7-19)2-3-17(20-10)21-8-13-5-14(13)9-21;1-8-9(7-15)2-3-12(13-8)14-5-10-4-11(10)6-14;2*1-10-6(9)4-2-3(7)5(8)11-4/h3-4,7,14-15H,5-6,9-10H2,1-2H3;3-4,6,10-11,16,22H,5,7-8H2,1-2H3;3-4,7,13-14H,5-6,8-9H2,1-2H3;2-3,6,13-14H,4-5,8-9H2,1H3,(H,22,23);2-3,7,10-11H,4-6H2,1H3;2*2H,1H3. The second kappa shape index (κ2) is 43.8. The molecule has 11 aromatic heterocycles. The highest BCUT2D eigenvalue weighted by Gasteiger charge is 2.49. The average Bonchev–Trinajstić information content (AvgIpc) is 1.63. The summed E-state index contributed by atoms with van der Waals surface area (Å²) in [4.78, 5) is 117. The fraction of sp³-hybridized carbons (Fsp3) is 0.402. The minimum atomic E-state index is -0.986. The summed E-state index contributed by atoms with van der Waals surface area (Å²) in [5.41, 5.74) is 12.3. The van der Waals surface area contributed by atoms with Crippen molar-refractivity contribution < 1.29 is 67.5 Å². The number of thiophene rings is 6. The minimum Gasteiger partial charge on any atom is -0.477 e. The van der Waals surface area contributed by atoms with E-state index in [1.165, 1.54) is 113 Å². The molecule has 0 radical (unpaired) electrons. The predicted octanol–water partition coefficient (Wildman–Crippen LogP) is 21.3. The highest BCUT2D eigenvalue weighted by atomic mass is 79.9. The quantitative estimate of drug-likeness (QED) is 0.0406. The van der Waals surface area contributed by atoms with Gasteiger partial charge in [0.05, 0.1) is 53.7 Å². The SMILES string of the molecule is COC(=O)c1cc(Br)c(Br)s1.COC(=O)c1cc(Br)c(Cl)s1.COC(=O)c1cc(C(O)c2ccc(N3CC4CC4C3)nc2C)c(Cl)s1.COC(=O)c1cc(Cc2ccc(N3CC4CC4C3)nc2C)c(C#N)s1.COC(=O)c1cc(Cc2ccc(N3CC4CC4C3)nc2C)c(Cl)s1.Cc1nc(N2CC3CC3C2)ccc1C=O.Cc1nc(N2CC3CC3C2)ccc1Cc1cc(C(=O)O)sc1C#N. The molecule has 10 fully saturated rings. The van der Waals surface area contributed by atoms with Crippen LogP contribution < -0.4 is 24.5 Å². The summed E-state index contributed by atoms with van der Waals surface area (Å²) in [6.45, 7) is 21.0. The molecule has 10 aliphatic rings. The van der Waals surface area contributed by atoms with Crippen LogP contribution in [-0.4, -0.2) is 178 Å². The number of aliphatic hydroxyl groups is 1. The van der Waals surface area contributed by atoms with E-state index < -0.39 is 24.0 Å². The first-order valence-electron chi connectivity index (χ1n) is 43.6. The fourth-order valence-corrected chi connectivity index (χ4v) is 25.3. The third-order valence-corrected chi connectivity index (χ3v) is 36.5. The third kappa shape index (κ3) is 24.3. The number of fused-ring (bicyclic) bond motifs is 5. The number of carboxylic acids is 1. The maximum atomic E-state index is 11.7. The first kappa shape index (κ1) is 100. The number of hydrogen-bond acceptors (Lipinski definition) is 31. The van der Waals surface area contributed by atoms with E-state index in [2.05, 4.69) is 134 Å². The maximum Gasteiger partial charge on any atom is 0.348 e. The molecule has 0 spiro atoms. The highest BCUT2D eigenvalue weighted by molar-refractivity contribution is 9.13. The van der Waals surface area contributed by atoms with Crippen LogP contribution in [0, 0.1) is 116 Å². The van der Waals surface area contributed by atoms with Crippen molar-refractivity contribution in [3.05, 3.63) is 240 Å². The summed E-state index contributed by atoms with van der Waals surface area (Å²) in [6, 6.07) is 34.6. The largest absolute Gasteiger partial charge is 0.477 e. The topological polar surface area (TPSA) is 334 Å². The van der Waals surface area contributed by atoms with Crippen molar-refractivity contribution in [1.29, 1.82) is 10.5 Å². The number of carbonyl (C=O) groups is 7. The number of carbonyl (C=O) groups excluding carboxylic acids is 6. The minimum absolute atomic E-state index is 0.208. The first-order valence-corrected chi connectivity index (χ1v) is 52.0. The van der Waals surface area contributed by atoms with Gasteiger partial charge in [-0.2, -0.15) is 10.5 Å². The molecule has 5 aliphatic heterocycles. The van der Waals surface area contributed by atoms with Gasteiger partial charge in [-0.25, -0.2) is 53.7 Å². The molecular weight excluding hydrogens is 2100 g/mol. The number of piperidine rings is 5. The second-order valence-corrected chi connectivity index (χ2v) is 46.1. The van der Waals surface area contributed by atoms with Crippen molar-refractivity contribution >= 4 is 222 Å². The molecule has 16 heterocycles. The van der Waals surface area contributed by atoms with E-state index in [1.54, 1.807) is 30.3 Å². The number of nitriles is 2. The first-order chi connectivity index (χ1) is 64.7. The Kier molecular flexibility index (Phi) is 32.5. The van der Waals surface area contributed by atoms with Gasteiger partial charge in [-0.3, -0.25) is 4.79 Å². The number of aromatic nitrogens is 5. The number of aliphatic hydroxyl groups excluding tert-OH is 1. The summed E-state index contributed by atoms with van der Waals surface area (Å²) in [7, 11) is 6.75. The number of carboxylic acid groups (broad SMARTS) is 1. The van der Waals surface area contributed by atoms with Crippen molar-refractivity contribution in [2.24, 2.45) is 59.2 Å². The third-order valence-electron chi connectivity index (χ3n) is 25.9. The lowest BCUT2D eigenvalue weighted by Gasteiger charge is -2.21. The zero-order valence-electron chi connectivity index (χ0n) is 75.3. The molecule has 5 aliphatic carbocycles. The number of halogens is 6. The van der Waals surface area contributed by atoms with Crippen LogP contribution in [0.3, 0.4) is 0 Å². The van der Waals surface area contributed by atoms with Crippen LogP contribution >= 0.6 is 151 Å². The number of rotatable bonds is 20. The Hall–Kier alpha value is -9.31. The molecule has 5 saturated carbocycles. The molecule has 706 valence electrons. The van der Waals surface area contributed by atoms with E-state index in [1.807, 2.05) is 71.0 Å². The zero-order chi connectivity index (χ0) is 96.2. The van der Waals surface area contributed by atoms with E-state index >= 15 is 0 Å². The number of esters is 5. The number of nitrogens with zero attached hydrogens (tertiary/aromatic N) is 12. The molecule has 11 atom stereocenters. The molecule has 26 nitrogen and oxygen atoms in total. The maximum absolute atomic E-state index is 11.7. The lowest BCUT2D eigenvalue weighted by Crippen LogP contribution is -2.23. The summed E-state index contributed by atoms with van der Waals surface area (Å²) < 4.78 is 27.3. The number of ether oxygens (including phenoxy) is 5. The van der Waals surface area contributed by atoms with Crippen LogP contribution in [0.15, 0.2) is 110 Å². The second-order valence-electron chi connectivity index (χ2n) is 34.9. The number of methoxy groups -OCH3 is 5. The van der Waals surface area contributed by atoms with E-state index in [-0.39, 0.29) is 22.8 Å². The van der Waals surface area contributed by atoms with Crippen LogP contribution in [0.25, 0.3) is 0 Å². The Bertz CT molecular complexity index is 6300. The van der Waals surface area contributed by atoms with Crippen LogP contribution in [-0.2, 0) is 42.9 Å². The summed E-state index contributed by atoms with van der Waals surface area (Å²) in [5.74, 6) is 11.1. The van der Waals surface area contributed by atoms with Gasteiger partial charge in [-0.05, 0) is 280 Å². The fourth-order valence-electron chi connectivity index (χ4n) is 17.6. The normalized spacial score (nSPS) is 20.4. The van der Waals surface area contributed by atoms with Gasteiger partial charge in [0.25, 0.3) is 0 Å². The zero-order valence-corrected chi connectivity index (χ0v) is 87.2. The van der Waals surface area contributed by atoms with Crippen LogP contribution in [0.1, 0.15) is 189 Å². The van der Waals surface area contributed by atoms with E-state index in [0.717, 1.165) is 257 Å².